The van der Waals surface area contributed by atoms with Gasteiger partial charge in [0.15, 0.2) is 5.96 Å². The van der Waals surface area contributed by atoms with Gasteiger partial charge in [0.2, 0.25) is 5.91 Å². The Kier molecular flexibility index (Phi) is 11.6. The van der Waals surface area contributed by atoms with Crippen molar-refractivity contribution in [2.75, 3.05) is 60.5 Å². The largest absolute Gasteiger partial charge is 0.469 e. The van der Waals surface area contributed by atoms with Gasteiger partial charge >= 0.3 is 0 Å². The van der Waals surface area contributed by atoms with Crippen molar-refractivity contribution < 1.29 is 13.9 Å². The lowest BCUT2D eigenvalue weighted by Gasteiger charge is -2.45. The molecule has 166 valence electrons. The van der Waals surface area contributed by atoms with E-state index in [9.17, 15) is 4.79 Å². The van der Waals surface area contributed by atoms with Gasteiger partial charge in [-0.3, -0.25) is 9.69 Å². The standard InChI is InChI=1S/C20H35N5O3.HI/c1-16-14-24(15-17(2)25(16)10-12-27-5)20(22-13-19(26)23(3)4)21-9-8-18-7-6-11-28-18;/h6-7,11,16-17H,8-10,12-15H2,1-5H3,(H,21,22);1H. The molecule has 2 atom stereocenters. The summed E-state index contributed by atoms with van der Waals surface area (Å²) in [5.41, 5.74) is 0. The first-order valence-electron chi connectivity index (χ1n) is 9.92. The number of amides is 1. The van der Waals surface area contributed by atoms with Crippen molar-refractivity contribution in [1.29, 1.82) is 0 Å². The van der Waals surface area contributed by atoms with Gasteiger partial charge in [-0.25, -0.2) is 4.99 Å². The molecule has 0 bridgehead atoms. The summed E-state index contributed by atoms with van der Waals surface area (Å²) >= 11 is 0. The zero-order chi connectivity index (χ0) is 20.5. The molecular weight excluding hydrogens is 485 g/mol. The van der Waals surface area contributed by atoms with Crippen LogP contribution in [0.1, 0.15) is 19.6 Å². The van der Waals surface area contributed by atoms with Gasteiger partial charge in [-0.05, 0) is 26.0 Å². The van der Waals surface area contributed by atoms with E-state index in [4.69, 9.17) is 9.15 Å². The van der Waals surface area contributed by atoms with Crippen LogP contribution in [0.2, 0.25) is 0 Å². The fourth-order valence-electron chi connectivity index (χ4n) is 3.47. The molecule has 1 amide bonds. The predicted molar refractivity (Wildman–Crippen MR) is 126 cm³/mol. The first-order valence-corrected chi connectivity index (χ1v) is 9.92. The molecule has 0 saturated carbocycles. The van der Waals surface area contributed by atoms with Gasteiger partial charge in [0.1, 0.15) is 12.3 Å². The SMILES string of the molecule is COCCN1C(C)CN(C(=NCC(=O)N(C)C)NCCc2ccco2)CC1C.I. The summed E-state index contributed by atoms with van der Waals surface area (Å²) in [6.45, 7) is 8.66. The van der Waals surface area contributed by atoms with Crippen molar-refractivity contribution in [3.8, 4) is 0 Å². The van der Waals surface area contributed by atoms with Crippen molar-refractivity contribution in [3.63, 3.8) is 0 Å². The molecule has 2 rings (SSSR count). The summed E-state index contributed by atoms with van der Waals surface area (Å²) in [5, 5.41) is 3.42. The number of rotatable bonds is 8. The van der Waals surface area contributed by atoms with Crippen molar-refractivity contribution in [1.82, 2.24) is 20.0 Å². The number of furan rings is 1. The lowest BCUT2D eigenvalue weighted by atomic mass is 10.1. The maximum Gasteiger partial charge on any atom is 0.243 e. The van der Waals surface area contributed by atoms with Crippen LogP contribution in [0.5, 0.6) is 0 Å². The van der Waals surface area contributed by atoms with E-state index in [1.54, 1.807) is 32.4 Å². The summed E-state index contributed by atoms with van der Waals surface area (Å²) in [6, 6.07) is 4.61. The van der Waals surface area contributed by atoms with E-state index >= 15 is 0 Å². The molecule has 1 aromatic rings. The molecule has 0 aromatic carbocycles. The third kappa shape index (κ3) is 8.13. The van der Waals surface area contributed by atoms with E-state index in [1.165, 1.54) is 0 Å². The summed E-state index contributed by atoms with van der Waals surface area (Å²) in [7, 11) is 5.24. The number of nitrogens with one attached hydrogen (secondary N) is 1. The normalized spacial score (nSPS) is 20.3. The Morgan fingerprint density at radius 2 is 2.03 bits per heavy atom. The monoisotopic (exact) mass is 521 g/mol. The van der Waals surface area contributed by atoms with E-state index in [1.807, 2.05) is 12.1 Å². The van der Waals surface area contributed by atoms with Gasteiger partial charge in [0, 0.05) is 65.9 Å². The third-order valence-electron chi connectivity index (χ3n) is 5.05. The maximum absolute atomic E-state index is 12.0. The molecule has 2 heterocycles. The maximum atomic E-state index is 12.0. The smallest absolute Gasteiger partial charge is 0.243 e. The number of ether oxygens (including phenoxy) is 1. The van der Waals surface area contributed by atoms with Crippen molar-refractivity contribution >= 4 is 35.8 Å². The van der Waals surface area contributed by atoms with Crippen LogP contribution in [0.15, 0.2) is 27.8 Å². The molecular formula is C20H36IN5O3. The molecule has 1 N–H and O–H groups in total. The first kappa shape index (κ1) is 25.7. The molecule has 0 spiro atoms. The van der Waals surface area contributed by atoms with Gasteiger partial charge in [-0.1, -0.05) is 0 Å². The van der Waals surface area contributed by atoms with Crippen LogP contribution in [0, 0.1) is 0 Å². The number of nitrogens with zero attached hydrogens (tertiary/aromatic N) is 4. The second-order valence-corrected chi connectivity index (χ2v) is 7.52. The molecule has 0 aliphatic carbocycles. The second-order valence-electron chi connectivity index (χ2n) is 7.52. The molecule has 9 heteroatoms. The van der Waals surface area contributed by atoms with E-state index in [-0.39, 0.29) is 36.4 Å². The zero-order valence-corrected chi connectivity index (χ0v) is 20.6. The lowest BCUT2D eigenvalue weighted by molar-refractivity contribution is -0.127. The zero-order valence-electron chi connectivity index (χ0n) is 18.3. The van der Waals surface area contributed by atoms with Crippen LogP contribution < -0.4 is 5.32 Å². The fourth-order valence-corrected chi connectivity index (χ4v) is 3.47. The Hall–Kier alpha value is -1.33. The number of aliphatic imine (C=N–C) groups is 1. The van der Waals surface area contributed by atoms with Crippen LogP contribution in [0.4, 0.5) is 0 Å². The van der Waals surface area contributed by atoms with Crippen LogP contribution in [0.25, 0.3) is 0 Å². The fraction of sp³-hybridized carbons (Fsp3) is 0.700. The summed E-state index contributed by atoms with van der Waals surface area (Å²) in [4.78, 5) is 22.9. The van der Waals surface area contributed by atoms with E-state index < -0.39 is 0 Å². The highest BCUT2D eigenvalue weighted by atomic mass is 127. The predicted octanol–water partition coefficient (Wildman–Crippen LogP) is 1.51. The quantitative estimate of drug-likeness (QED) is 0.318. The highest BCUT2D eigenvalue weighted by Gasteiger charge is 2.30. The molecule has 0 radical (unpaired) electrons. The van der Waals surface area contributed by atoms with Gasteiger partial charge in [0.25, 0.3) is 0 Å². The van der Waals surface area contributed by atoms with Crippen molar-refractivity contribution in [2.45, 2.75) is 32.4 Å². The topological polar surface area (TPSA) is 73.6 Å². The molecule has 8 nitrogen and oxygen atoms in total. The van der Waals surface area contributed by atoms with Crippen LogP contribution in [-0.4, -0.2) is 99.2 Å². The summed E-state index contributed by atoms with van der Waals surface area (Å²) in [6.07, 6.45) is 2.45. The van der Waals surface area contributed by atoms with Gasteiger partial charge < -0.3 is 24.3 Å². The number of guanidine groups is 1. The van der Waals surface area contributed by atoms with Crippen LogP contribution in [0.3, 0.4) is 0 Å². The molecule has 1 aromatic heterocycles. The first-order chi connectivity index (χ1) is 13.4. The highest BCUT2D eigenvalue weighted by Crippen LogP contribution is 2.15. The Morgan fingerprint density at radius 3 is 2.59 bits per heavy atom. The minimum Gasteiger partial charge on any atom is -0.469 e. The number of hydrogen-bond donors (Lipinski definition) is 1. The Labute approximate surface area is 191 Å². The van der Waals surface area contributed by atoms with Gasteiger partial charge in [-0.2, -0.15) is 0 Å². The average molecular weight is 521 g/mol. The Bertz CT molecular complexity index is 612. The second kappa shape index (κ2) is 13.1. The number of halogens is 1. The Balaban J connectivity index is 0.00000420. The summed E-state index contributed by atoms with van der Waals surface area (Å²) < 4.78 is 10.7. The number of methoxy groups -OCH3 is 1. The molecule has 1 fully saturated rings. The van der Waals surface area contributed by atoms with E-state index in [2.05, 4.69) is 34.0 Å². The highest BCUT2D eigenvalue weighted by molar-refractivity contribution is 14.0. The summed E-state index contributed by atoms with van der Waals surface area (Å²) in [5.74, 6) is 1.71. The van der Waals surface area contributed by atoms with Crippen molar-refractivity contribution in [2.24, 2.45) is 4.99 Å². The number of carbonyl (C=O) groups excluding carboxylic acids is 1. The molecule has 2 unspecified atom stereocenters. The van der Waals surface area contributed by atoms with Crippen LogP contribution in [-0.2, 0) is 16.0 Å². The van der Waals surface area contributed by atoms with Gasteiger partial charge in [0.05, 0.1) is 12.9 Å². The van der Waals surface area contributed by atoms with Crippen molar-refractivity contribution in [3.05, 3.63) is 24.2 Å². The van der Waals surface area contributed by atoms with Crippen LogP contribution >= 0.6 is 24.0 Å². The van der Waals surface area contributed by atoms with Gasteiger partial charge in [-0.15, -0.1) is 24.0 Å². The minimum atomic E-state index is -0.00911. The molecule has 1 aliphatic rings. The van der Waals surface area contributed by atoms with E-state index in [0.717, 1.165) is 44.4 Å². The molecule has 29 heavy (non-hydrogen) atoms. The minimum absolute atomic E-state index is 0. The Morgan fingerprint density at radius 1 is 1.34 bits per heavy atom. The number of piperazine rings is 1. The number of likely N-dealkylation sites (N-methyl/N-ethyl adjacent to an activating group) is 1. The van der Waals surface area contributed by atoms with E-state index in [0.29, 0.717) is 18.6 Å². The number of carbonyl (C=O) groups is 1. The number of hydrogen-bond acceptors (Lipinski definition) is 5. The average Bonchev–Trinajstić information content (AvgIpc) is 3.16. The lowest BCUT2D eigenvalue weighted by Crippen LogP contribution is -2.60. The molecule has 1 saturated heterocycles. The third-order valence-corrected chi connectivity index (χ3v) is 5.05. The molecule has 1 aliphatic heterocycles.